The van der Waals surface area contributed by atoms with E-state index in [9.17, 15) is 9.90 Å². The van der Waals surface area contributed by atoms with Crippen LogP contribution >= 0.6 is 11.6 Å². The number of carbonyl (C=O) groups excluding carboxylic acids is 1. The molecule has 1 heterocycles. The van der Waals surface area contributed by atoms with Gasteiger partial charge in [0.2, 0.25) is 0 Å². The lowest BCUT2D eigenvalue weighted by Gasteiger charge is -2.23. The van der Waals surface area contributed by atoms with E-state index in [1.807, 2.05) is 0 Å². The molecule has 1 atom stereocenters. The highest BCUT2D eigenvalue weighted by atomic mass is 35.5. The van der Waals surface area contributed by atoms with Crippen molar-refractivity contribution in [2.75, 3.05) is 7.11 Å². The molecule has 16 heavy (non-hydrogen) atoms. The molecule has 0 unspecified atom stereocenters. The first-order valence-corrected chi connectivity index (χ1v) is 5.21. The summed E-state index contributed by atoms with van der Waals surface area (Å²) in [5.41, 5.74) is 0.839. The highest BCUT2D eigenvalue weighted by molar-refractivity contribution is 6.34. The fourth-order valence-corrected chi connectivity index (χ4v) is 2.03. The molecule has 1 aromatic carbocycles. The molecule has 1 aliphatic heterocycles. The van der Waals surface area contributed by atoms with Crippen LogP contribution in [0.15, 0.2) is 6.07 Å². The standard InChI is InChI=1S/C11H11ClO4/c1-5-3-6-4-7(15-2)9(12)10(13)8(6)11(14)16-5/h4-5,13H,3H2,1-2H3/t5-/m0/s1. The minimum absolute atomic E-state index is 0.0350. The number of carbonyl (C=O) groups is 1. The van der Waals surface area contributed by atoms with Gasteiger partial charge in [0.25, 0.3) is 0 Å². The van der Waals surface area contributed by atoms with E-state index in [2.05, 4.69) is 0 Å². The summed E-state index contributed by atoms with van der Waals surface area (Å²) in [5.74, 6) is -0.455. The lowest BCUT2D eigenvalue weighted by atomic mass is 9.98. The molecule has 0 saturated carbocycles. The third-order valence-electron chi connectivity index (χ3n) is 2.53. The third-order valence-corrected chi connectivity index (χ3v) is 2.89. The van der Waals surface area contributed by atoms with Crippen LogP contribution in [0.25, 0.3) is 0 Å². The fraction of sp³-hybridized carbons (Fsp3) is 0.364. The molecule has 1 N–H and O–H groups in total. The summed E-state index contributed by atoms with van der Waals surface area (Å²) >= 11 is 5.85. The van der Waals surface area contributed by atoms with Gasteiger partial charge in [-0.05, 0) is 18.6 Å². The Morgan fingerprint density at radius 1 is 1.62 bits per heavy atom. The Hall–Kier alpha value is -1.42. The highest BCUT2D eigenvalue weighted by Crippen LogP contribution is 2.40. The monoisotopic (exact) mass is 242 g/mol. The van der Waals surface area contributed by atoms with Gasteiger partial charge < -0.3 is 14.6 Å². The summed E-state index contributed by atoms with van der Waals surface area (Å²) in [6, 6.07) is 1.66. The largest absolute Gasteiger partial charge is 0.505 e. The van der Waals surface area contributed by atoms with E-state index in [0.29, 0.717) is 17.7 Å². The van der Waals surface area contributed by atoms with E-state index in [-0.39, 0.29) is 22.4 Å². The van der Waals surface area contributed by atoms with Crippen LogP contribution in [0.1, 0.15) is 22.8 Å². The Morgan fingerprint density at radius 3 is 2.94 bits per heavy atom. The van der Waals surface area contributed by atoms with Gasteiger partial charge >= 0.3 is 5.97 Å². The van der Waals surface area contributed by atoms with Crippen molar-refractivity contribution in [2.45, 2.75) is 19.4 Å². The average molecular weight is 243 g/mol. The molecule has 0 aliphatic carbocycles. The zero-order valence-electron chi connectivity index (χ0n) is 8.91. The molecule has 0 amide bonds. The summed E-state index contributed by atoms with van der Waals surface area (Å²) in [4.78, 5) is 11.6. The van der Waals surface area contributed by atoms with Crippen molar-refractivity contribution in [1.82, 2.24) is 0 Å². The predicted molar refractivity (Wildman–Crippen MR) is 58.3 cm³/mol. The predicted octanol–water partition coefficient (Wildman–Crippen LogP) is 2.16. The number of phenols is 1. The normalized spacial score (nSPS) is 18.9. The SMILES string of the molecule is COc1cc2c(c(O)c1Cl)C(=O)O[C@@H](C)C2. The Morgan fingerprint density at radius 2 is 2.31 bits per heavy atom. The molecule has 5 heteroatoms. The molecule has 1 aromatic rings. The smallest absolute Gasteiger partial charge is 0.342 e. The molecule has 2 rings (SSSR count). The van der Waals surface area contributed by atoms with Crippen LogP contribution in [0.5, 0.6) is 11.5 Å². The summed E-state index contributed by atoms with van der Waals surface area (Å²) in [5, 5.41) is 9.83. The Balaban J connectivity index is 2.63. The van der Waals surface area contributed by atoms with Gasteiger partial charge in [-0.2, -0.15) is 0 Å². The molecule has 1 aliphatic rings. The van der Waals surface area contributed by atoms with Gasteiger partial charge in [-0.3, -0.25) is 0 Å². The van der Waals surface area contributed by atoms with Crippen molar-refractivity contribution < 1.29 is 19.4 Å². The third kappa shape index (κ3) is 1.59. The van der Waals surface area contributed by atoms with Crippen molar-refractivity contribution in [1.29, 1.82) is 0 Å². The molecular formula is C11H11ClO4. The number of rotatable bonds is 1. The number of hydrogen-bond donors (Lipinski definition) is 1. The minimum Gasteiger partial charge on any atom is -0.505 e. The Kier molecular flexibility index (Phi) is 2.68. The molecule has 0 bridgehead atoms. The van der Waals surface area contributed by atoms with Crippen molar-refractivity contribution in [3.63, 3.8) is 0 Å². The van der Waals surface area contributed by atoms with E-state index >= 15 is 0 Å². The maximum absolute atomic E-state index is 11.6. The molecule has 0 saturated heterocycles. The Labute approximate surface area is 97.7 Å². The summed E-state index contributed by atoms with van der Waals surface area (Å²) < 4.78 is 10.0. The number of phenolic OH excluding ortho intramolecular Hbond substituents is 1. The lowest BCUT2D eigenvalue weighted by molar-refractivity contribution is 0.0297. The fourth-order valence-electron chi connectivity index (χ4n) is 1.80. The van der Waals surface area contributed by atoms with Gasteiger partial charge in [-0.15, -0.1) is 0 Å². The first kappa shape index (κ1) is 11.1. The van der Waals surface area contributed by atoms with Crippen LogP contribution in [-0.4, -0.2) is 24.3 Å². The van der Waals surface area contributed by atoms with Crippen molar-refractivity contribution >= 4 is 17.6 Å². The van der Waals surface area contributed by atoms with Crippen LogP contribution in [0.3, 0.4) is 0 Å². The zero-order valence-corrected chi connectivity index (χ0v) is 9.67. The number of hydrogen-bond acceptors (Lipinski definition) is 4. The van der Waals surface area contributed by atoms with Gasteiger partial charge in [-0.25, -0.2) is 4.79 Å². The van der Waals surface area contributed by atoms with Crippen LogP contribution in [0.4, 0.5) is 0 Å². The number of benzene rings is 1. The zero-order chi connectivity index (χ0) is 11.9. The number of ether oxygens (including phenoxy) is 2. The number of methoxy groups -OCH3 is 1. The van der Waals surface area contributed by atoms with Crippen LogP contribution in [0, 0.1) is 0 Å². The molecular weight excluding hydrogens is 232 g/mol. The number of cyclic esters (lactones) is 1. The summed E-state index contributed by atoms with van der Waals surface area (Å²) in [6.45, 7) is 1.79. The summed E-state index contributed by atoms with van der Waals surface area (Å²) in [6.07, 6.45) is 0.340. The minimum atomic E-state index is -0.546. The number of esters is 1. The van der Waals surface area contributed by atoms with E-state index in [1.165, 1.54) is 7.11 Å². The number of aromatic hydroxyl groups is 1. The molecule has 0 fully saturated rings. The Bertz CT molecular complexity index is 456. The first-order valence-electron chi connectivity index (χ1n) is 4.84. The molecule has 0 spiro atoms. The van der Waals surface area contributed by atoms with Crippen LogP contribution in [0.2, 0.25) is 5.02 Å². The van der Waals surface area contributed by atoms with Gasteiger partial charge in [0.05, 0.1) is 7.11 Å². The lowest BCUT2D eigenvalue weighted by Crippen LogP contribution is -2.25. The van der Waals surface area contributed by atoms with Crippen molar-refractivity contribution in [2.24, 2.45) is 0 Å². The van der Waals surface area contributed by atoms with Gasteiger partial charge in [0.1, 0.15) is 22.4 Å². The van der Waals surface area contributed by atoms with E-state index in [0.717, 1.165) is 0 Å². The average Bonchev–Trinajstić information content (AvgIpc) is 2.22. The molecule has 0 aromatic heterocycles. The van der Waals surface area contributed by atoms with E-state index in [1.54, 1.807) is 13.0 Å². The van der Waals surface area contributed by atoms with Gasteiger partial charge in [0.15, 0.2) is 5.75 Å². The van der Waals surface area contributed by atoms with E-state index in [4.69, 9.17) is 21.1 Å². The summed E-state index contributed by atoms with van der Waals surface area (Å²) in [7, 11) is 1.46. The topological polar surface area (TPSA) is 55.8 Å². The number of fused-ring (bicyclic) bond motifs is 1. The van der Waals surface area contributed by atoms with Crippen LogP contribution < -0.4 is 4.74 Å². The van der Waals surface area contributed by atoms with Gasteiger partial charge in [-0.1, -0.05) is 11.6 Å². The second kappa shape index (κ2) is 3.87. The van der Waals surface area contributed by atoms with Crippen molar-refractivity contribution in [3.05, 3.63) is 22.2 Å². The maximum Gasteiger partial charge on any atom is 0.342 e. The highest BCUT2D eigenvalue weighted by Gasteiger charge is 2.29. The number of halogens is 1. The first-order chi connectivity index (χ1) is 7.54. The second-order valence-corrected chi connectivity index (χ2v) is 4.07. The van der Waals surface area contributed by atoms with Crippen molar-refractivity contribution in [3.8, 4) is 11.5 Å². The van der Waals surface area contributed by atoms with Crippen LogP contribution in [-0.2, 0) is 11.2 Å². The second-order valence-electron chi connectivity index (χ2n) is 3.70. The maximum atomic E-state index is 11.6. The molecule has 0 radical (unpaired) electrons. The van der Waals surface area contributed by atoms with E-state index < -0.39 is 5.97 Å². The van der Waals surface area contributed by atoms with Gasteiger partial charge in [0, 0.05) is 6.42 Å². The molecule has 4 nitrogen and oxygen atoms in total. The quantitative estimate of drug-likeness (QED) is 0.767. The molecule has 86 valence electrons.